The minimum Gasteiger partial charge on any atom is -0.497 e. The number of benzene rings is 1. The monoisotopic (exact) mass is 491 g/mol. The van der Waals surface area contributed by atoms with E-state index in [0.717, 1.165) is 29.2 Å². The number of ether oxygens (including phenoxy) is 1. The Kier molecular flexibility index (Phi) is 8.20. The summed E-state index contributed by atoms with van der Waals surface area (Å²) < 4.78 is 10.6. The molecule has 2 amide bonds. The normalized spacial score (nSPS) is 14.4. The van der Waals surface area contributed by atoms with Crippen LogP contribution in [0.4, 0.5) is 5.82 Å². The third kappa shape index (κ3) is 6.02. The second kappa shape index (κ2) is 11.7. The Hall–Kier alpha value is -3.88. The Bertz CT molecular complexity index is 1140. The van der Waals surface area contributed by atoms with Crippen molar-refractivity contribution in [3.05, 3.63) is 60.6 Å². The molecular weight excluding hydrogens is 458 g/mol. The van der Waals surface area contributed by atoms with E-state index in [9.17, 15) is 9.59 Å². The Balaban J connectivity index is 1.34. The highest BCUT2D eigenvalue weighted by Gasteiger charge is 2.27. The van der Waals surface area contributed by atoms with Gasteiger partial charge in [0.1, 0.15) is 12.3 Å². The molecule has 0 spiro atoms. The third-order valence-electron chi connectivity index (χ3n) is 6.55. The zero-order chi connectivity index (χ0) is 25.5. The number of aromatic nitrogens is 2. The lowest BCUT2D eigenvalue weighted by Gasteiger charge is -2.36. The quantitative estimate of drug-likeness (QED) is 0.452. The van der Waals surface area contributed by atoms with Crippen molar-refractivity contribution in [1.29, 1.82) is 0 Å². The van der Waals surface area contributed by atoms with E-state index in [-0.39, 0.29) is 30.0 Å². The fourth-order valence-electron chi connectivity index (χ4n) is 4.16. The van der Waals surface area contributed by atoms with Gasteiger partial charge in [0.25, 0.3) is 5.91 Å². The molecule has 4 rings (SSSR count). The summed E-state index contributed by atoms with van der Waals surface area (Å²) >= 11 is 0. The van der Waals surface area contributed by atoms with E-state index >= 15 is 0 Å². The lowest BCUT2D eigenvalue weighted by molar-refractivity contribution is -0.132. The minimum atomic E-state index is -0.251. The lowest BCUT2D eigenvalue weighted by Crippen LogP contribution is -2.52. The maximum Gasteiger partial charge on any atom is 0.290 e. The van der Waals surface area contributed by atoms with Crippen LogP contribution in [-0.4, -0.2) is 78.2 Å². The number of amides is 2. The summed E-state index contributed by atoms with van der Waals surface area (Å²) in [4.78, 5) is 31.5. The van der Waals surface area contributed by atoms with Gasteiger partial charge >= 0.3 is 0 Å². The molecule has 1 saturated heterocycles. The molecule has 190 valence electrons. The summed E-state index contributed by atoms with van der Waals surface area (Å²) in [5.41, 5.74) is 1.71. The molecule has 1 fully saturated rings. The van der Waals surface area contributed by atoms with Gasteiger partial charge in [0.05, 0.1) is 19.1 Å². The summed E-state index contributed by atoms with van der Waals surface area (Å²) in [6.07, 6.45) is 2.40. The fraction of sp³-hybridized carbons (Fsp3) is 0.407. The molecule has 0 aliphatic carbocycles. The van der Waals surface area contributed by atoms with Gasteiger partial charge in [-0.1, -0.05) is 32.4 Å². The molecule has 0 N–H and O–H groups in total. The van der Waals surface area contributed by atoms with Crippen LogP contribution in [0.2, 0.25) is 0 Å². The number of carbonyl (C=O) groups is 2. The predicted octanol–water partition coefficient (Wildman–Crippen LogP) is 3.58. The van der Waals surface area contributed by atoms with Crippen LogP contribution in [0.1, 0.15) is 30.8 Å². The van der Waals surface area contributed by atoms with Crippen LogP contribution in [0.5, 0.6) is 5.75 Å². The highest BCUT2D eigenvalue weighted by atomic mass is 16.5. The molecular formula is C27H33N5O4. The van der Waals surface area contributed by atoms with Crippen LogP contribution in [0.3, 0.4) is 0 Å². The first kappa shape index (κ1) is 25.2. The van der Waals surface area contributed by atoms with E-state index in [0.29, 0.717) is 32.7 Å². The smallest absolute Gasteiger partial charge is 0.290 e. The van der Waals surface area contributed by atoms with Crippen molar-refractivity contribution < 1.29 is 18.7 Å². The minimum absolute atomic E-state index is 0.0406. The summed E-state index contributed by atoms with van der Waals surface area (Å²) in [7, 11) is 1.64. The van der Waals surface area contributed by atoms with Crippen molar-refractivity contribution in [1.82, 2.24) is 20.0 Å². The second-order valence-electron chi connectivity index (χ2n) is 9.05. The summed E-state index contributed by atoms with van der Waals surface area (Å²) in [6.45, 7) is 7.12. The SMILES string of the molecule is CCC(C)CN(CC(=O)N1CCN(c2ccc(-c3cccc(OC)c3)nn2)CC1)C(=O)c1ccco1. The van der Waals surface area contributed by atoms with Gasteiger partial charge in [-0.3, -0.25) is 9.59 Å². The molecule has 2 aromatic heterocycles. The highest BCUT2D eigenvalue weighted by Crippen LogP contribution is 2.23. The van der Waals surface area contributed by atoms with Crippen LogP contribution in [0, 0.1) is 5.92 Å². The molecule has 9 heteroatoms. The number of carbonyl (C=O) groups excluding carboxylic acids is 2. The molecule has 3 aromatic rings. The number of piperazine rings is 1. The maximum atomic E-state index is 13.1. The van der Waals surface area contributed by atoms with Gasteiger partial charge in [0.2, 0.25) is 5.91 Å². The predicted molar refractivity (Wildman–Crippen MR) is 137 cm³/mol. The largest absolute Gasteiger partial charge is 0.497 e. The molecule has 0 radical (unpaired) electrons. The Labute approximate surface area is 211 Å². The van der Waals surface area contributed by atoms with Crippen molar-refractivity contribution >= 4 is 17.6 Å². The zero-order valence-electron chi connectivity index (χ0n) is 21.1. The molecule has 36 heavy (non-hydrogen) atoms. The van der Waals surface area contributed by atoms with E-state index in [4.69, 9.17) is 9.15 Å². The van der Waals surface area contributed by atoms with Crippen LogP contribution < -0.4 is 9.64 Å². The number of hydrogen-bond acceptors (Lipinski definition) is 7. The molecule has 3 heterocycles. The molecule has 0 saturated carbocycles. The molecule has 1 unspecified atom stereocenters. The fourth-order valence-corrected chi connectivity index (χ4v) is 4.16. The number of methoxy groups -OCH3 is 1. The van der Waals surface area contributed by atoms with Crippen LogP contribution in [0.15, 0.2) is 59.2 Å². The van der Waals surface area contributed by atoms with Gasteiger partial charge in [-0.25, -0.2) is 0 Å². The number of furan rings is 1. The van der Waals surface area contributed by atoms with Crippen molar-refractivity contribution in [3.63, 3.8) is 0 Å². The Morgan fingerprint density at radius 2 is 1.89 bits per heavy atom. The molecule has 1 atom stereocenters. The third-order valence-corrected chi connectivity index (χ3v) is 6.55. The van der Waals surface area contributed by atoms with Crippen LogP contribution in [-0.2, 0) is 4.79 Å². The molecule has 9 nitrogen and oxygen atoms in total. The van der Waals surface area contributed by atoms with E-state index < -0.39 is 0 Å². The van der Waals surface area contributed by atoms with Gasteiger partial charge in [-0.15, -0.1) is 10.2 Å². The first-order chi connectivity index (χ1) is 17.5. The highest BCUT2D eigenvalue weighted by molar-refractivity contribution is 5.94. The lowest BCUT2D eigenvalue weighted by atomic mass is 10.1. The van der Waals surface area contributed by atoms with Crippen LogP contribution in [0.25, 0.3) is 11.3 Å². The first-order valence-electron chi connectivity index (χ1n) is 12.3. The van der Waals surface area contributed by atoms with Gasteiger partial charge < -0.3 is 23.9 Å². The number of nitrogens with zero attached hydrogens (tertiary/aromatic N) is 5. The van der Waals surface area contributed by atoms with Gasteiger partial charge in [0.15, 0.2) is 11.6 Å². The summed E-state index contributed by atoms with van der Waals surface area (Å²) in [5, 5.41) is 8.81. The zero-order valence-corrected chi connectivity index (χ0v) is 21.1. The van der Waals surface area contributed by atoms with E-state index in [1.54, 1.807) is 24.1 Å². The Morgan fingerprint density at radius 1 is 1.08 bits per heavy atom. The second-order valence-corrected chi connectivity index (χ2v) is 9.05. The van der Waals surface area contributed by atoms with E-state index in [2.05, 4.69) is 28.9 Å². The van der Waals surface area contributed by atoms with Crippen LogP contribution >= 0.6 is 0 Å². The van der Waals surface area contributed by atoms with E-state index in [1.165, 1.54) is 6.26 Å². The van der Waals surface area contributed by atoms with E-state index in [1.807, 2.05) is 41.3 Å². The first-order valence-corrected chi connectivity index (χ1v) is 12.3. The maximum absolute atomic E-state index is 13.1. The van der Waals surface area contributed by atoms with Crippen molar-refractivity contribution in [2.24, 2.45) is 5.92 Å². The van der Waals surface area contributed by atoms with Gasteiger partial charge in [0, 0.05) is 38.3 Å². The number of anilines is 1. The molecule has 1 aromatic carbocycles. The van der Waals surface area contributed by atoms with Gasteiger partial charge in [-0.05, 0) is 42.3 Å². The Morgan fingerprint density at radius 3 is 2.53 bits per heavy atom. The summed E-state index contributed by atoms with van der Waals surface area (Å²) in [5.74, 6) is 1.78. The molecule has 1 aliphatic rings. The van der Waals surface area contributed by atoms with Gasteiger partial charge in [-0.2, -0.15) is 0 Å². The average molecular weight is 492 g/mol. The van der Waals surface area contributed by atoms with Crippen molar-refractivity contribution in [3.8, 4) is 17.0 Å². The molecule has 0 bridgehead atoms. The average Bonchev–Trinajstić information content (AvgIpc) is 3.47. The summed E-state index contributed by atoms with van der Waals surface area (Å²) in [6, 6.07) is 14.9. The number of hydrogen-bond donors (Lipinski definition) is 0. The van der Waals surface area contributed by atoms with Crippen molar-refractivity contribution in [2.75, 3.05) is 51.3 Å². The standard InChI is InChI=1S/C27H33N5O4/c1-4-20(2)18-32(27(34)24-9-6-16-36-24)19-26(33)31-14-12-30(13-15-31)25-11-10-23(28-29-25)21-7-5-8-22(17-21)35-3/h5-11,16-17,20H,4,12-15,18-19H2,1-3H3. The van der Waals surface area contributed by atoms with Crippen molar-refractivity contribution in [2.45, 2.75) is 20.3 Å². The topological polar surface area (TPSA) is 92.0 Å². The number of rotatable bonds is 9. The molecule has 1 aliphatic heterocycles.